The summed E-state index contributed by atoms with van der Waals surface area (Å²) in [6.07, 6.45) is 0. The molecule has 0 radical (unpaired) electrons. The van der Waals surface area contributed by atoms with E-state index >= 15 is 0 Å². The molecule has 0 aliphatic carbocycles. The van der Waals surface area contributed by atoms with Gasteiger partial charge < -0.3 is 15.4 Å². The minimum absolute atomic E-state index is 0.0250. The van der Waals surface area contributed by atoms with E-state index in [4.69, 9.17) is 4.74 Å². The molecule has 2 aromatic rings. The number of amides is 4. The number of nitrogens with zero attached hydrogens (tertiary/aromatic N) is 2. The van der Waals surface area contributed by atoms with Gasteiger partial charge in [-0.3, -0.25) is 14.5 Å². The number of carbonyl (C=O) groups excluding carboxylic acids is 3. The maximum Gasteiger partial charge on any atom is 0.325 e. The number of hydrogen-bond donors (Lipinski definition) is 2. The van der Waals surface area contributed by atoms with Crippen LogP contribution in [-0.4, -0.2) is 60.6 Å². The van der Waals surface area contributed by atoms with Gasteiger partial charge in [-0.15, -0.1) is 0 Å². The van der Waals surface area contributed by atoms with E-state index in [0.717, 1.165) is 4.90 Å². The Morgan fingerprint density at radius 2 is 1.74 bits per heavy atom. The highest BCUT2D eigenvalue weighted by Gasteiger charge is 2.44. The second kappa shape index (κ2) is 9.82. The van der Waals surface area contributed by atoms with Gasteiger partial charge in [0.2, 0.25) is 15.9 Å². The predicted molar refractivity (Wildman–Crippen MR) is 126 cm³/mol. The van der Waals surface area contributed by atoms with Gasteiger partial charge in [0, 0.05) is 13.1 Å². The highest BCUT2D eigenvalue weighted by Crippen LogP contribution is 2.33. The van der Waals surface area contributed by atoms with Crippen molar-refractivity contribution in [3.8, 4) is 11.5 Å². The van der Waals surface area contributed by atoms with Gasteiger partial charge in [-0.25, -0.2) is 13.2 Å². The molecule has 3 rings (SSSR count). The van der Waals surface area contributed by atoms with Crippen molar-refractivity contribution in [3.05, 3.63) is 48.5 Å². The molecule has 34 heavy (non-hydrogen) atoms. The van der Waals surface area contributed by atoms with Crippen LogP contribution in [0.5, 0.6) is 11.5 Å². The van der Waals surface area contributed by atoms with Crippen LogP contribution in [0.2, 0.25) is 0 Å². The Morgan fingerprint density at radius 1 is 1.09 bits per heavy atom. The number of benzene rings is 2. The van der Waals surface area contributed by atoms with Crippen molar-refractivity contribution >= 4 is 33.6 Å². The molecule has 0 spiro atoms. The zero-order valence-corrected chi connectivity index (χ0v) is 20.3. The van der Waals surface area contributed by atoms with Gasteiger partial charge in [-0.1, -0.05) is 32.0 Å². The normalized spacial score (nSPS) is 15.4. The molecule has 1 saturated heterocycles. The van der Waals surface area contributed by atoms with Crippen LogP contribution in [-0.2, 0) is 19.6 Å². The van der Waals surface area contributed by atoms with Crippen LogP contribution in [0.1, 0.15) is 27.7 Å². The van der Waals surface area contributed by atoms with E-state index in [0.29, 0.717) is 5.75 Å². The number of rotatable bonds is 9. The number of sulfonamides is 1. The molecule has 1 aliphatic rings. The summed E-state index contributed by atoms with van der Waals surface area (Å²) in [6.45, 7) is 6.57. The molecule has 1 heterocycles. The van der Waals surface area contributed by atoms with Gasteiger partial charge in [-0.05, 0) is 44.2 Å². The molecule has 4 amide bonds. The SMILES string of the molecule is CCN(CC)S(=O)(=O)c1ccc(Oc2ccccc2)c(NC(=O)CN2C(=O)NC(C)(C)C2=O)c1. The average molecular weight is 489 g/mol. The number of anilines is 1. The second-order valence-corrected chi connectivity index (χ2v) is 10.1. The first-order chi connectivity index (χ1) is 16.0. The summed E-state index contributed by atoms with van der Waals surface area (Å²) in [7, 11) is -3.81. The van der Waals surface area contributed by atoms with Crippen molar-refractivity contribution in [1.82, 2.24) is 14.5 Å². The van der Waals surface area contributed by atoms with Gasteiger partial charge in [0.25, 0.3) is 5.91 Å². The summed E-state index contributed by atoms with van der Waals surface area (Å²) in [5, 5.41) is 5.10. The van der Waals surface area contributed by atoms with Crippen molar-refractivity contribution < 1.29 is 27.5 Å². The van der Waals surface area contributed by atoms with E-state index in [9.17, 15) is 22.8 Å². The smallest absolute Gasteiger partial charge is 0.325 e. The first-order valence-corrected chi connectivity index (χ1v) is 12.2. The molecule has 182 valence electrons. The first kappa shape index (κ1) is 25.2. The number of nitrogens with one attached hydrogen (secondary N) is 2. The third kappa shape index (κ3) is 5.20. The maximum absolute atomic E-state index is 13.0. The number of hydrogen-bond acceptors (Lipinski definition) is 6. The van der Waals surface area contributed by atoms with Crippen molar-refractivity contribution in [2.24, 2.45) is 0 Å². The summed E-state index contributed by atoms with van der Waals surface area (Å²) in [5.41, 5.74) is -1.02. The van der Waals surface area contributed by atoms with Gasteiger partial charge in [-0.2, -0.15) is 4.31 Å². The van der Waals surface area contributed by atoms with Crippen LogP contribution in [0.25, 0.3) is 0 Å². The Hall–Kier alpha value is -3.44. The molecule has 0 aromatic heterocycles. The lowest BCUT2D eigenvalue weighted by molar-refractivity contribution is -0.132. The van der Waals surface area contributed by atoms with E-state index in [1.165, 1.54) is 22.5 Å². The minimum atomic E-state index is -3.81. The number of urea groups is 1. The van der Waals surface area contributed by atoms with Crippen molar-refractivity contribution in [3.63, 3.8) is 0 Å². The Labute approximate surface area is 198 Å². The maximum atomic E-state index is 13.0. The average Bonchev–Trinajstić information content (AvgIpc) is 2.97. The fourth-order valence-electron chi connectivity index (χ4n) is 3.48. The molecule has 0 atom stereocenters. The Kier molecular flexibility index (Phi) is 7.27. The molecule has 10 nitrogen and oxygen atoms in total. The quantitative estimate of drug-likeness (QED) is 0.523. The summed E-state index contributed by atoms with van der Waals surface area (Å²) >= 11 is 0. The second-order valence-electron chi connectivity index (χ2n) is 8.16. The molecule has 0 bridgehead atoms. The van der Waals surface area contributed by atoms with Crippen LogP contribution in [0.4, 0.5) is 10.5 Å². The van der Waals surface area contributed by atoms with Gasteiger partial charge in [0.1, 0.15) is 17.8 Å². The van der Waals surface area contributed by atoms with Crippen LogP contribution in [0.3, 0.4) is 0 Å². The van der Waals surface area contributed by atoms with Crippen LogP contribution in [0.15, 0.2) is 53.4 Å². The Morgan fingerprint density at radius 3 is 2.29 bits per heavy atom. The largest absolute Gasteiger partial charge is 0.455 e. The summed E-state index contributed by atoms with van der Waals surface area (Å²) < 4.78 is 33.2. The van der Waals surface area contributed by atoms with Crippen molar-refractivity contribution in [2.45, 2.75) is 38.1 Å². The number of imide groups is 1. The lowest BCUT2D eigenvalue weighted by Gasteiger charge is -2.20. The number of para-hydroxylation sites is 1. The minimum Gasteiger partial charge on any atom is -0.455 e. The third-order valence-corrected chi connectivity index (χ3v) is 7.33. The number of ether oxygens (including phenoxy) is 1. The van der Waals surface area contributed by atoms with Gasteiger partial charge in [0.15, 0.2) is 5.75 Å². The van der Waals surface area contributed by atoms with E-state index in [1.807, 2.05) is 6.07 Å². The molecule has 1 fully saturated rings. The lowest BCUT2D eigenvalue weighted by atomic mass is 10.1. The molecule has 0 unspecified atom stereocenters. The topological polar surface area (TPSA) is 125 Å². The standard InChI is InChI=1S/C23H28N4O6S/c1-5-26(6-2)34(31,32)17-12-13-19(33-16-10-8-7-9-11-16)18(14-17)24-20(28)15-27-21(29)23(3,4)25-22(27)30/h7-14H,5-6,15H2,1-4H3,(H,24,28)(H,25,30). The fourth-order valence-corrected chi connectivity index (χ4v) is 4.96. The molecule has 2 aromatic carbocycles. The summed E-state index contributed by atoms with van der Waals surface area (Å²) in [6, 6.07) is 12.3. The third-order valence-electron chi connectivity index (χ3n) is 5.29. The highest BCUT2D eigenvalue weighted by molar-refractivity contribution is 7.89. The highest BCUT2D eigenvalue weighted by atomic mass is 32.2. The fraction of sp³-hybridized carbons (Fsp3) is 0.348. The van der Waals surface area contributed by atoms with Crippen molar-refractivity contribution in [1.29, 1.82) is 0 Å². The zero-order chi connectivity index (χ0) is 25.1. The van der Waals surface area contributed by atoms with E-state index in [1.54, 1.807) is 52.0 Å². The summed E-state index contributed by atoms with van der Waals surface area (Å²) in [5.74, 6) is -0.536. The van der Waals surface area contributed by atoms with Crippen molar-refractivity contribution in [2.75, 3.05) is 25.0 Å². The molecular formula is C23H28N4O6S. The van der Waals surface area contributed by atoms with E-state index < -0.39 is 40.0 Å². The predicted octanol–water partition coefficient (Wildman–Crippen LogP) is 2.78. The molecular weight excluding hydrogens is 460 g/mol. The Balaban J connectivity index is 1.93. The lowest BCUT2D eigenvalue weighted by Crippen LogP contribution is -2.41. The van der Waals surface area contributed by atoms with Gasteiger partial charge in [0.05, 0.1) is 10.6 Å². The van der Waals surface area contributed by atoms with E-state index in [2.05, 4.69) is 10.6 Å². The van der Waals surface area contributed by atoms with Crippen LogP contribution >= 0.6 is 0 Å². The van der Waals surface area contributed by atoms with E-state index in [-0.39, 0.29) is 29.4 Å². The first-order valence-electron chi connectivity index (χ1n) is 10.8. The molecule has 0 saturated carbocycles. The molecule has 2 N–H and O–H groups in total. The molecule has 11 heteroatoms. The van der Waals surface area contributed by atoms with Crippen LogP contribution < -0.4 is 15.4 Å². The molecule has 1 aliphatic heterocycles. The number of carbonyl (C=O) groups is 3. The summed E-state index contributed by atoms with van der Waals surface area (Å²) in [4.78, 5) is 38.1. The Bertz CT molecular complexity index is 1190. The monoisotopic (exact) mass is 488 g/mol. The van der Waals surface area contributed by atoms with Crippen LogP contribution in [0, 0.1) is 0 Å². The van der Waals surface area contributed by atoms with Gasteiger partial charge >= 0.3 is 6.03 Å². The zero-order valence-electron chi connectivity index (χ0n) is 19.5.